The summed E-state index contributed by atoms with van der Waals surface area (Å²) >= 11 is 0. The van der Waals surface area contributed by atoms with Crippen LogP contribution in [0.2, 0.25) is 0 Å². The largest absolute Gasteiger partial charge is 0.0922 e. The molecule has 0 heterocycles. The third kappa shape index (κ3) is 7.79. The first kappa shape index (κ1) is 23.9. The molecule has 0 N–H and O–H groups in total. The summed E-state index contributed by atoms with van der Waals surface area (Å²) in [7, 11) is 0.0844. The van der Waals surface area contributed by atoms with Crippen LogP contribution in [0.25, 0.3) is 0 Å². The Morgan fingerprint density at radius 2 is 1.09 bits per heavy atom. The van der Waals surface area contributed by atoms with Gasteiger partial charge in [-0.1, -0.05) is 102 Å². The topological polar surface area (TPSA) is 0 Å². The standard InChI is InChI=1S/C16H33P.C5H10.Fe/c1-12(2)13-10-9-11-14(13)17(15(3,4)5)16(6,7)8;1-2-4-5-3-1;/h12-14H,9-11H2,1-8H3;1-5H2;. The minimum Gasteiger partial charge on any atom is -0.0922 e. The first-order valence-corrected chi connectivity index (χ1v) is 11.3. The minimum absolute atomic E-state index is 0. The van der Waals surface area contributed by atoms with E-state index in [0.29, 0.717) is 10.3 Å². The fourth-order valence-corrected chi connectivity index (χ4v) is 10.3. The molecular weight excluding hydrogens is 339 g/mol. The predicted molar refractivity (Wildman–Crippen MR) is 105 cm³/mol. The summed E-state index contributed by atoms with van der Waals surface area (Å²) in [6.07, 6.45) is 11.9. The average Bonchev–Trinajstić information content (AvgIpc) is 2.97. The predicted octanol–water partition coefficient (Wildman–Crippen LogP) is 7.84. The quantitative estimate of drug-likeness (QED) is 0.337. The van der Waals surface area contributed by atoms with Crippen molar-refractivity contribution < 1.29 is 17.1 Å². The molecule has 2 saturated carbocycles. The van der Waals surface area contributed by atoms with Crippen molar-refractivity contribution in [2.75, 3.05) is 0 Å². The third-order valence-electron chi connectivity index (χ3n) is 5.41. The average molecular weight is 382 g/mol. The van der Waals surface area contributed by atoms with Crippen LogP contribution in [0, 0.1) is 11.8 Å². The summed E-state index contributed by atoms with van der Waals surface area (Å²) in [5, 5.41) is 0.992. The molecular formula is C21H43FeP. The van der Waals surface area contributed by atoms with Crippen molar-refractivity contribution >= 4 is 7.92 Å². The van der Waals surface area contributed by atoms with Crippen molar-refractivity contribution in [3.63, 3.8) is 0 Å². The van der Waals surface area contributed by atoms with Gasteiger partial charge in [0, 0.05) is 17.1 Å². The smallest absolute Gasteiger partial charge is 0 e. The SMILES string of the molecule is C1CCCC1.CC(C)C1CCCC1P(C(C)(C)C)C(C)(C)C.[Fe]. The van der Waals surface area contributed by atoms with Gasteiger partial charge >= 0.3 is 0 Å². The van der Waals surface area contributed by atoms with Gasteiger partial charge in [-0.3, -0.25) is 0 Å². The second-order valence-electron chi connectivity index (χ2n) is 9.89. The molecule has 0 aliphatic heterocycles. The van der Waals surface area contributed by atoms with E-state index in [4.69, 9.17) is 0 Å². The van der Waals surface area contributed by atoms with Gasteiger partial charge in [0.15, 0.2) is 0 Å². The molecule has 2 aliphatic carbocycles. The van der Waals surface area contributed by atoms with E-state index < -0.39 is 0 Å². The summed E-state index contributed by atoms with van der Waals surface area (Å²) in [5.41, 5.74) is 1.00. The molecule has 0 spiro atoms. The monoisotopic (exact) mass is 382 g/mol. The molecule has 0 aromatic heterocycles. The van der Waals surface area contributed by atoms with Crippen molar-refractivity contribution in [2.45, 2.75) is 123 Å². The maximum absolute atomic E-state index is 2.47. The van der Waals surface area contributed by atoms with Crippen molar-refractivity contribution in [3.8, 4) is 0 Å². The molecule has 2 atom stereocenters. The van der Waals surface area contributed by atoms with E-state index in [0.717, 1.165) is 17.5 Å². The van der Waals surface area contributed by atoms with E-state index in [-0.39, 0.29) is 25.0 Å². The van der Waals surface area contributed by atoms with Gasteiger partial charge in [-0.25, -0.2) is 0 Å². The van der Waals surface area contributed by atoms with Gasteiger partial charge in [0.05, 0.1) is 0 Å². The fourth-order valence-electron chi connectivity index (χ4n) is 4.95. The first-order valence-electron chi connectivity index (χ1n) is 9.84. The van der Waals surface area contributed by atoms with E-state index in [1.807, 2.05) is 0 Å². The van der Waals surface area contributed by atoms with E-state index in [1.165, 1.54) is 51.4 Å². The minimum atomic E-state index is 0. The van der Waals surface area contributed by atoms with Gasteiger partial charge in [-0.15, -0.1) is 0 Å². The van der Waals surface area contributed by atoms with Crippen LogP contribution in [-0.4, -0.2) is 16.0 Å². The second kappa shape index (κ2) is 10.2. The second-order valence-corrected chi connectivity index (χ2v) is 14.0. The van der Waals surface area contributed by atoms with Gasteiger partial charge in [-0.05, 0) is 40.6 Å². The van der Waals surface area contributed by atoms with E-state index in [2.05, 4.69) is 55.4 Å². The number of rotatable bonds is 2. The molecule has 0 nitrogen and oxygen atoms in total. The van der Waals surface area contributed by atoms with E-state index in [1.54, 1.807) is 0 Å². The third-order valence-corrected chi connectivity index (χ3v) is 9.61. The molecule has 0 aromatic rings. The molecule has 0 aromatic carbocycles. The molecule has 0 saturated heterocycles. The van der Waals surface area contributed by atoms with Gasteiger partial charge < -0.3 is 0 Å². The first-order chi connectivity index (χ1) is 10.0. The van der Waals surface area contributed by atoms with Gasteiger partial charge in [0.25, 0.3) is 0 Å². The maximum atomic E-state index is 2.47. The van der Waals surface area contributed by atoms with Crippen molar-refractivity contribution in [1.82, 2.24) is 0 Å². The van der Waals surface area contributed by atoms with Crippen LogP contribution in [0.15, 0.2) is 0 Å². The zero-order valence-corrected chi connectivity index (χ0v) is 19.2. The van der Waals surface area contributed by atoms with E-state index in [9.17, 15) is 0 Å². The summed E-state index contributed by atoms with van der Waals surface area (Å²) in [5.74, 6) is 1.86. The van der Waals surface area contributed by atoms with Gasteiger partial charge in [-0.2, -0.15) is 0 Å². The molecule has 2 fully saturated rings. The fraction of sp³-hybridized carbons (Fsp3) is 1.00. The Morgan fingerprint density at radius 3 is 1.39 bits per heavy atom. The zero-order chi connectivity index (χ0) is 17.0. The molecule has 0 radical (unpaired) electrons. The Kier molecular flexibility index (Phi) is 10.6. The number of hydrogen-bond donors (Lipinski definition) is 0. The molecule has 0 amide bonds. The summed E-state index contributed by atoms with van der Waals surface area (Å²) in [4.78, 5) is 0. The van der Waals surface area contributed by atoms with Crippen molar-refractivity contribution in [1.29, 1.82) is 0 Å². The molecule has 2 heteroatoms. The van der Waals surface area contributed by atoms with Crippen LogP contribution in [0.4, 0.5) is 0 Å². The molecule has 2 aliphatic rings. The Hall–Kier alpha value is 0.949. The molecule has 2 unspecified atom stereocenters. The zero-order valence-electron chi connectivity index (χ0n) is 17.2. The summed E-state index contributed by atoms with van der Waals surface area (Å²) in [6.45, 7) is 19.7. The summed E-state index contributed by atoms with van der Waals surface area (Å²) < 4.78 is 0. The normalized spacial score (nSPS) is 25.3. The van der Waals surface area contributed by atoms with Crippen LogP contribution in [0.5, 0.6) is 0 Å². The van der Waals surface area contributed by atoms with Crippen LogP contribution in [-0.2, 0) is 17.1 Å². The Labute approximate surface area is 159 Å². The molecule has 2 rings (SSSR count). The number of hydrogen-bond acceptors (Lipinski definition) is 0. The molecule has 23 heavy (non-hydrogen) atoms. The van der Waals surface area contributed by atoms with Crippen molar-refractivity contribution in [2.24, 2.45) is 11.8 Å². The van der Waals surface area contributed by atoms with Crippen LogP contribution in [0.3, 0.4) is 0 Å². The Balaban J connectivity index is 0.000000684. The molecule has 0 bridgehead atoms. The Bertz CT molecular complexity index is 285. The summed E-state index contributed by atoms with van der Waals surface area (Å²) in [6, 6.07) is 0. The molecule has 140 valence electrons. The maximum Gasteiger partial charge on any atom is 0 e. The van der Waals surface area contributed by atoms with Gasteiger partial charge in [0.2, 0.25) is 0 Å². The van der Waals surface area contributed by atoms with Crippen LogP contribution in [0.1, 0.15) is 107 Å². The Morgan fingerprint density at radius 1 is 0.696 bits per heavy atom. The van der Waals surface area contributed by atoms with Crippen LogP contribution >= 0.6 is 7.92 Å². The van der Waals surface area contributed by atoms with Crippen LogP contribution < -0.4 is 0 Å². The van der Waals surface area contributed by atoms with E-state index >= 15 is 0 Å². The van der Waals surface area contributed by atoms with Gasteiger partial charge in [0.1, 0.15) is 0 Å². The van der Waals surface area contributed by atoms with Crippen molar-refractivity contribution in [3.05, 3.63) is 0 Å².